The first-order valence-corrected chi connectivity index (χ1v) is 8.16. The molecule has 1 aliphatic rings. The van der Waals surface area contributed by atoms with Crippen LogP contribution in [0.25, 0.3) is 0 Å². The Morgan fingerprint density at radius 2 is 1.87 bits per heavy atom. The Morgan fingerprint density at radius 1 is 1.22 bits per heavy atom. The van der Waals surface area contributed by atoms with E-state index in [1.54, 1.807) is 24.3 Å². The van der Waals surface area contributed by atoms with Gasteiger partial charge in [0.1, 0.15) is 0 Å². The smallest absolute Gasteiger partial charge is 0.316 e. The number of rotatable bonds is 6. The third kappa shape index (κ3) is 5.76. The van der Waals surface area contributed by atoms with Gasteiger partial charge in [0, 0.05) is 6.42 Å². The summed E-state index contributed by atoms with van der Waals surface area (Å²) in [7, 11) is 0. The van der Waals surface area contributed by atoms with Crippen molar-refractivity contribution in [3.63, 3.8) is 0 Å². The van der Waals surface area contributed by atoms with Crippen LogP contribution in [0.3, 0.4) is 0 Å². The average Bonchev–Trinajstić information content (AvgIpc) is 2.55. The van der Waals surface area contributed by atoms with Gasteiger partial charge in [-0.15, -0.1) is 0 Å². The molecule has 0 spiro atoms. The van der Waals surface area contributed by atoms with Crippen LogP contribution in [-0.4, -0.2) is 6.11 Å². The molecule has 1 aromatic rings. The van der Waals surface area contributed by atoms with E-state index in [0.29, 0.717) is 17.0 Å². The number of hydrogen-bond donors (Lipinski definition) is 0. The van der Waals surface area contributed by atoms with Gasteiger partial charge < -0.3 is 4.74 Å². The van der Waals surface area contributed by atoms with Gasteiger partial charge in [0.15, 0.2) is 0 Å². The highest BCUT2D eigenvalue weighted by Crippen LogP contribution is 2.37. The van der Waals surface area contributed by atoms with Gasteiger partial charge in [0.05, 0.1) is 18.2 Å². The molecule has 0 unspecified atom stereocenters. The van der Waals surface area contributed by atoms with Gasteiger partial charge in [-0.3, -0.25) is 0 Å². The molecule has 1 aromatic carbocycles. The number of nitriles is 1. The molecule has 0 saturated heterocycles. The van der Waals surface area contributed by atoms with Crippen molar-refractivity contribution in [2.24, 2.45) is 11.8 Å². The summed E-state index contributed by atoms with van der Waals surface area (Å²) in [5, 5.41) is 8.72. The SMILES string of the molecule is CC=CC1CCC(CC(F)(F)OCc2ccc(C#N)cc2)CC1. The molecule has 0 aliphatic heterocycles. The molecule has 0 radical (unpaired) electrons. The number of allylic oxidation sites excluding steroid dienone is 2. The van der Waals surface area contributed by atoms with Gasteiger partial charge in [0.2, 0.25) is 0 Å². The van der Waals surface area contributed by atoms with Crippen LogP contribution in [-0.2, 0) is 11.3 Å². The van der Waals surface area contributed by atoms with Crippen LogP contribution in [0, 0.1) is 23.2 Å². The zero-order valence-electron chi connectivity index (χ0n) is 13.5. The van der Waals surface area contributed by atoms with Crippen molar-refractivity contribution in [3.8, 4) is 6.07 Å². The zero-order valence-corrected chi connectivity index (χ0v) is 13.5. The molecule has 4 heteroatoms. The molecule has 1 saturated carbocycles. The van der Waals surface area contributed by atoms with Gasteiger partial charge in [0.25, 0.3) is 0 Å². The van der Waals surface area contributed by atoms with Gasteiger partial charge >= 0.3 is 6.11 Å². The second-order valence-corrected chi connectivity index (χ2v) is 6.25. The minimum absolute atomic E-state index is 0.0347. The third-order valence-corrected chi connectivity index (χ3v) is 4.42. The van der Waals surface area contributed by atoms with Crippen LogP contribution in [0.4, 0.5) is 8.78 Å². The lowest BCUT2D eigenvalue weighted by atomic mass is 9.80. The molecule has 2 nitrogen and oxygen atoms in total. The average molecular weight is 319 g/mol. The first kappa shape index (κ1) is 17.6. The molecule has 1 aliphatic carbocycles. The van der Waals surface area contributed by atoms with E-state index in [2.05, 4.69) is 6.08 Å². The fourth-order valence-corrected chi connectivity index (χ4v) is 3.12. The lowest BCUT2D eigenvalue weighted by molar-refractivity contribution is -0.256. The van der Waals surface area contributed by atoms with E-state index < -0.39 is 6.11 Å². The highest BCUT2D eigenvalue weighted by molar-refractivity contribution is 5.31. The summed E-state index contributed by atoms with van der Waals surface area (Å²) in [4.78, 5) is 0. The molecule has 0 bridgehead atoms. The number of benzene rings is 1. The number of hydrogen-bond acceptors (Lipinski definition) is 2. The van der Waals surface area contributed by atoms with Gasteiger partial charge in [-0.25, -0.2) is 0 Å². The molecular weight excluding hydrogens is 296 g/mol. The quantitative estimate of drug-likeness (QED) is 0.654. The van der Waals surface area contributed by atoms with Crippen LogP contribution in [0.1, 0.15) is 50.2 Å². The molecule has 0 N–H and O–H groups in total. The molecule has 0 atom stereocenters. The Morgan fingerprint density at radius 3 is 2.43 bits per heavy atom. The number of alkyl halides is 2. The number of nitrogens with zero attached hydrogens (tertiary/aromatic N) is 1. The monoisotopic (exact) mass is 319 g/mol. The molecular formula is C19H23F2NO. The predicted octanol–water partition coefficient (Wildman–Crippen LogP) is 5.44. The summed E-state index contributed by atoms with van der Waals surface area (Å²) >= 11 is 0. The topological polar surface area (TPSA) is 33.0 Å². The second kappa shape index (κ2) is 8.21. The van der Waals surface area contributed by atoms with Crippen molar-refractivity contribution in [1.29, 1.82) is 5.26 Å². The first-order valence-electron chi connectivity index (χ1n) is 8.16. The first-order chi connectivity index (χ1) is 11.0. The normalized spacial score (nSPS) is 22.2. The van der Waals surface area contributed by atoms with E-state index in [4.69, 9.17) is 10.00 Å². The molecule has 124 valence electrons. The summed E-state index contributed by atoms with van der Waals surface area (Å²) in [6.07, 6.45) is 4.57. The highest BCUT2D eigenvalue weighted by Gasteiger charge is 2.35. The molecule has 2 rings (SSSR count). The summed E-state index contributed by atoms with van der Waals surface area (Å²) in [6.45, 7) is 1.86. The van der Waals surface area contributed by atoms with Crippen molar-refractivity contribution < 1.29 is 13.5 Å². The van der Waals surface area contributed by atoms with Crippen molar-refractivity contribution in [2.75, 3.05) is 0 Å². The largest absolute Gasteiger partial charge is 0.356 e. The van der Waals surface area contributed by atoms with Crippen LogP contribution in [0.2, 0.25) is 0 Å². The lowest BCUT2D eigenvalue weighted by Gasteiger charge is -2.29. The van der Waals surface area contributed by atoms with Gasteiger partial charge in [-0.2, -0.15) is 14.0 Å². The molecule has 0 amide bonds. The maximum Gasteiger partial charge on any atom is 0.356 e. The van der Waals surface area contributed by atoms with Crippen molar-refractivity contribution >= 4 is 0 Å². The standard InChI is InChI=1S/C19H23F2NO/c1-2-3-15-4-6-16(7-5-15)12-19(20,21)23-14-18-10-8-17(13-22)9-11-18/h2-3,8-11,15-16H,4-7,12,14H2,1H3. The Kier molecular flexibility index (Phi) is 6.29. The Hall–Kier alpha value is -1.73. The van der Waals surface area contributed by atoms with E-state index in [1.807, 2.05) is 19.1 Å². The van der Waals surface area contributed by atoms with E-state index in [-0.39, 0.29) is 18.9 Å². The minimum Gasteiger partial charge on any atom is -0.316 e. The van der Waals surface area contributed by atoms with Crippen LogP contribution in [0.5, 0.6) is 0 Å². The third-order valence-electron chi connectivity index (χ3n) is 4.42. The number of ether oxygens (including phenoxy) is 1. The Labute approximate surface area is 136 Å². The molecule has 23 heavy (non-hydrogen) atoms. The molecule has 1 fully saturated rings. The highest BCUT2D eigenvalue weighted by atomic mass is 19.3. The van der Waals surface area contributed by atoms with Gasteiger partial charge in [-0.05, 0) is 62.1 Å². The van der Waals surface area contributed by atoms with Crippen LogP contribution >= 0.6 is 0 Å². The maximum atomic E-state index is 14.0. The lowest BCUT2D eigenvalue weighted by Crippen LogP contribution is -2.26. The summed E-state index contributed by atoms with van der Waals surface area (Å²) in [5.74, 6) is 0.580. The predicted molar refractivity (Wildman–Crippen MR) is 85.8 cm³/mol. The molecule has 0 aromatic heterocycles. The summed E-state index contributed by atoms with van der Waals surface area (Å²) in [5.41, 5.74) is 1.17. The summed E-state index contributed by atoms with van der Waals surface area (Å²) in [6, 6.07) is 8.52. The summed E-state index contributed by atoms with van der Waals surface area (Å²) < 4.78 is 32.8. The van der Waals surface area contributed by atoms with Crippen molar-refractivity contribution in [2.45, 2.75) is 51.7 Å². The van der Waals surface area contributed by atoms with E-state index in [1.165, 1.54) is 0 Å². The fourth-order valence-electron chi connectivity index (χ4n) is 3.12. The Balaban J connectivity index is 1.79. The number of halogens is 2. The maximum absolute atomic E-state index is 14.0. The van der Waals surface area contributed by atoms with E-state index in [9.17, 15) is 8.78 Å². The van der Waals surface area contributed by atoms with Crippen LogP contribution in [0.15, 0.2) is 36.4 Å². The van der Waals surface area contributed by atoms with E-state index >= 15 is 0 Å². The second-order valence-electron chi connectivity index (χ2n) is 6.25. The van der Waals surface area contributed by atoms with Crippen molar-refractivity contribution in [3.05, 3.63) is 47.5 Å². The van der Waals surface area contributed by atoms with E-state index in [0.717, 1.165) is 25.7 Å². The Bertz CT molecular complexity index is 552. The molecule has 0 heterocycles. The van der Waals surface area contributed by atoms with Crippen molar-refractivity contribution in [1.82, 2.24) is 0 Å². The minimum atomic E-state index is -3.09. The fraction of sp³-hybridized carbons (Fsp3) is 0.526. The zero-order chi connectivity index (χ0) is 16.7. The van der Waals surface area contributed by atoms with Crippen LogP contribution < -0.4 is 0 Å². The van der Waals surface area contributed by atoms with Gasteiger partial charge in [-0.1, -0.05) is 24.3 Å².